The Bertz CT molecular complexity index is 592. The number of rotatable bonds is 5. The van der Waals surface area contributed by atoms with E-state index in [-0.39, 0.29) is 17.1 Å². The minimum atomic E-state index is -4.21. The molecule has 0 bridgehead atoms. The highest BCUT2D eigenvalue weighted by Crippen LogP contribution is 2.18. The first kappa shape index (κ1) is 14.8. The minimum Gasteiger partial charge on any atom is -0.461 e. The Morgan fingerprint density at radius 2 is 2.06 bits per heavy atom. The molecular weight excluding hydrogens is 373 g/mol. The number of ether oxygens (including phenoxy) is 1. The first-order valence-electron chi connectivity index (χ1n) is 4.69. The summed E-state index contributed by atoms with van der Waals surface area (Å²) in [6.45, 7) is 0.171. The van der Waals surface area contributed by atoms with Crippen LogP contribution in [0.1, 0.15) is 10.4 Å². The molecular formula is C10H8INO5S. The summed E-state index contributed by atoms with van der Waals surface area (Å²) in [6.07, 6.45) is 0.949. The zero-order valence-electron chi connectivity index (χ0n) is 9.00. The van der Waals surface area contributed by atoms with Crippen molar-refractivity contribution in [3.05, 3.63) is 29.8 Å². The fourth-order valence-electron chi connectivity index (χ4n) is 1.17. The van der Waals surface area contributed by atoms with Gasteiger partial charge in [-0.25, -0.2) is 9.59 Å². The Labute approximate surface area is 117 Å². The maximum atomic E-state index is 11.6. The number of hydrogen-bond acceptors (Lipinski definition) is 5. The monoisotopic (exact) mass is 381 g/mol. The van der Waals surface area contributed by atoms with E-state index in [0.717, 1.165) is 6.08 Å². The number of halogens is 1. The van der Waals surface area contributed by atoms with Crippen molar-refractivity contribution in [2.75, 3.05) is 11.0 Å². The van der Waals surface area contributed by atoms with E-state index in [0.29, 0.717) is 4.43 Å². The molecule has 0 saturated carbocycles. The van der Waals surface area contributed by atoms with Crippen LogP contribution in [0.3, 0.4) is 0 Å². The second-order valence-electron chi connectivity index (χ2n) is 2.98. The first-order chi connectivity index (χ1) is 8.53. The third-order valence-electron chi connectivity index (χ3n) is 1.85. The topological polar surface area (TPSA) is 89.9 Å². The summed E-state index contributed by atoms with van der Waals surface area (Å²) in [5, 5.41) is 0. The van der Waals surface area contributed by atoms with Gasteiger partial charge in [0, 0.05) is 4.43 Å². The van der Waals surface area contributed by atoms with E-state index in [1.165, 1.54) is 24.3 Å². The molecule has 6 nitrogen and oxygen atoms in total. The molecule has 0 atom stereocenters. The van der Waals surface area contributed by atoms with E-state index in [1.807, 2.05) is 22.6 Å². The zero-order chi connectivity index (χ0) is 13.6. The second kappa shape index (κ2) is 6.62. The highest BCUT2D eigenvalue weighted by molar-refractivity contribution is 14.1. The number of sulfonamides is 1. The van der Waals surface area contributed by atoms with Crippen LogP contribution < -0.4 is 0 Å². The Morgan fingerprint density at radius 1 is 1.39 bits per heavy atom. The molecule has 96 valence electrons. The summed E-state index contributed by atoms with van der Waals surface area (Å²) in [7, 11) is -4.21. The van der Waals surface area contributed by atoms with E-state index in [2.05, 4.69) is 4.40 Å². The van der Waals surface area contributed by atoms with Gasteiger partial charge in [0.1, 0.15) is 11.5 Å². The Hall–Kier alpha value is -1.25. The standard InChI is InChI=1S/C10H8INO5S/c11-5-6-17-10(14)8-3-1-2-4-9(8)18(15,16)12-7-13/h1-4H,5-6H2. The quantitative estimate of drug-likeness (QED) is 0.252. The number of carbonyl (C=O) groups is 1. The van der Waals surface area contributed by atoms with E-state index in [9.17, 15) is 18.0 Å². The molecule has 1 rings (SSSR count). The van der Waals surface area contributed by atoms with Gasteiger partial charge >= 0.3 is 5.97 Å². The maximum absolute atomic E-state index is 11.6. The van der Waals surface area contributed by atoms with Crippen molar-refractivity contribution in [3.63, 3.8) is 0 Å². The first-order valence-corrected chi connectivity index (χ1v) is 7.65. The fraction of sp³-hybridized carbons (Fsp3) is 0.200. The summed E-state index contributed by atoms with van der Waals surface area (Å²) >= 11 is 2.01. The molecule has 0 N–H and O–H groups in total. The van der Waals surface area contributed by atoms with Crippen molar-refractivity contribution < 1.29 is 22.7 Å². The number of nitrogens with zero attached hydrogens (tertiary/aromatic N) is 1. The third-order valence-corrected chi connectivity index (χ3v) is 3.52. The van der Waals surface area contributed by atoms with Crippen molar-refractivity contribution in [2.45, 2.75) is 4.90 Å². The minimum absolute atomic E-state index is 0.152. The van der Waals surface area contributed by atoms with Gasteiger partial charge in [-0.1, -0.05) is 39.1 Å². The molecule has 0 amide bonds. The lowest BCUT2D eigenvalue weighted by Gasteiger charge is -2.06. The number of esters is 1. The summed E-state index contributed by atoms with van der Waals surface area (Å²) < 4.78 is 31.3. The normalized spacial score (nSPS) is 10.5. The van der Waals surface area contributed by atoms with Crippen LogP contribution in [0.5, 0.6) is 0 Å². The number of carbonyl (C=O) groups excluding carboxylic acids is 2. The summed E-state index contributed by atoms with van der Waals surface area (Å²) in [5.74, 6) is -0.771. The smallest absolute Gasteiger partial charge is 0.339 e. The third kappa shape index (κ3) is 3.62. The van der Waals surface area contributed by atoms with Gasteiger partial charge in [0.2, 0.25) is 0 Å². The SMILES string of the molecule is O=C=NS(=O)(=O)c1ccccc1C(=O)OCCI. The number of alkyl halides is 1. The fourth-order valence-corrected chi connectivity index (χ4v) is 2.26. The van der Waals surface area contributed by atoms with Gasteiger partial charge in [-0.2, -0.15) is 8.42 Å². The maximum Gasteiger partial charge on any atom is 0.339 e. The molecule has 0 spiro atoms. The van der Waals surface area contributed by atoms with Crippen molar-refractivity contribution in [2.24, 2.45) is 4.40 Å². The lowest BCUT2D eigenvalue weighted by Crippen LogP contribution is -2.12. The van der Waals surface area contributed by atoms with Gasteiger partial charge in [-0.3, -0.25) is 0 Å². The molecule has 0 unspecified atom stereocenters. The highest BCUT2D eigenvalue weighted by atomic mass is 127. The average molecular weight is 381 g/mol. The predicted octanol–water partition coefficient (Wildman–Crippen LogP) is 1.30. The molecule has 0 aliphatic heterocycles. The molecule has 0 saturated heterocycles. The van der Waals surface area contributed by atoms with Crippen LogP contribution in [-0.2, 0) is 19.6 Å². The van der Waals surface area contributed by atoms with E-state index in [4.69, 9.17) is 4.74 Å². The van der Waals surface area contributed by atoms with Crippen LogP contribution >= 0.6 is 22.6 Å². The largest absolute Gasteiger partial charge is 0.461 e. The van der Waals surface area contributed by atoms with Crippen LogP contribution in [0.25, 0.3) is 0 Å². The molecule has 0 heterocycles. The van der Waals surface area contributed by atoms with Crippen LogP contribution in [0.2, 0.25) is 0 Å². The van der Waals surface area contributed by atoms with Crippen molar-refractivity contribution >= 4 is 44.7 Å². The van der Waals surface area contributed by atoms with E-state index >= 15 is 0 Å². The number of hydrogen-bond donors (Lipinski definition) is 0. The summed E-state index contributed by atoms with van der Waals surface area (Å²) in [5.41, 5.74) is -0.152. The molecule has 0 fully saturated rings. The van der Waals surface area contributed by atoms with Crippen LogP contribution in [-0.4, -0.2) is 31.5 Å². The van der Waals surface area contributed by atoms with Crippen LogP contribution in [0.4, 0.5) is 0 Å². The lowest BCUT2D eigenvalue weighted by atomic mass is 10.2. The van der Waals surface area contributed by atoms with Crippen LogP contribution in [0, 0.1) is 0 Å². The van der Waals surface area contributed by atoms with E-state index < -0.39 is 16.0 Å². The summed E-state index contributed by atoms with van der Waals surface area (Å²) in [6, 6.07) is 5.38. The second-order valence-corrected chi connectivity index (χ2v) is 5.63. The van der Waals surface area contributed by atoms with Crippen molar-refractivity contribution in [3.8, 4) is 0 Å². The van der Waals surface area contributed by atoms with Gasteiger partial charge in [0.05, 0.1) is 5.56 Å². The predicted molar refractivity (Wildman–Crippen MR) is 70.9 cm³/mol. The van der Waals surface area contributed by atoms with Gasteiger partial charge in [-0.05, 0) is 12.1 Å². The molecule has 18 heavy (non-hydrogen) atoms. The Morgan fingerprint density at radius 3 is 2.67 bits per heavy atom. The lowest BCUT2D eigenvalue weighted by molar-refractivity contribution is 0.0528. The highest BCUT2D eigenvalue weighted by Gasteiger charge is 2.22. The molecule has 0 aliphatic rings. The van der Waals surface area contributed by atoms with Gasteiger partial charge in [0.15, 0.2) is 0 Å². The molecule has 0 radical (unpaired) electrons. The average Bonchev–Trinajstić information content (AvgIpc) is 2.36. The Balaban J connectivity index is 3.23. The number of benzene rings is 1. The summed E-state index contributed by atoms with van der Waals surface area (Å²) in [4.78, 5) is 21.3. The molecule has 0 aromatic heterocycles. The van der Waals surface area contributed by atoms with Crippen molar-refractivity contribution in [1.82, 2.24) is 0 Å². The number of isocyanates is 1. The van der Waals surface area contributed by atoms with Gasteiger partial charge < -0.3 is 4.74 Å². The molecule has 8 heteroatoms. The van der Waals surface area contributed by atoms with Crippen molar-refractivity contribution in [1.29, 1.82) is 0 Å². The van der Waals surface area contributed by atoms with Crippen LogP contribution in [0.15, 0.2) is 33.6 Å². The van der Waals surface area contributed by atoms with Gasteiger partial charge in [0.25, 0.3) is 16.1 Å². The zero-order valence-corrected chi connectivity index (χ0v) is 12.0. The van der Waals surface area contributed by atoms with E-state index in [1.54, 1.807) is 0 Å². The van der Waals surface area contributed by atoms with Gasteiger partial charge in [-0.15, -0.1) is 0 Å². The molecule has 0 aliphatic carbocycles. The Kier molecular flexibility index (Phi) is 5.45. The molecule has 1 aromatic rings. The molecule has 1 aromatic carbocycles.